The molecular formula is C23H29N3O3. The lowest BCUT2D eigenvalue weighted by atomic mass is 10.1. The minimum atomic E-state index is -0.194. The summed E-state index contributed by atoms with van der Waals surface area (Å²) in [6.45, 7) is 11.5. The Balaban J connectivity index is 1.88. The van der Waals surface area contributed by atoms with Gasteiger partial charge in [0.2, 0.25) is 5.91 Å². The number of hydrogen-bond donors (Lipinski definition) is 2. The van der Waals surface area contributed by atoms with E-state index in [-0.39, 0.29) is 18.4 Å². The summed E-state index contributed by atoms with van der Waals surface area (Å²) in [6, 6.07) is 14.4. The van der Waals surface area contributed by atoms with E-state index < -0.39 is 0 Å². The van der Waals surface area contributed by atoms with Gasteiger partial charge in [-0.2, -0.15) is 0 Å². The Hall–Kier alpha value is -3.28. The third kappa shape index (κ3) is 6.99. The molecule has 0 unspecified atom stereocenters. The van der Waals surface area contributed by atoms with Gasteiger partial charge in [-0.25, -0.2) is 0 Å². The number of rotatable bonds is 10. The van der Waals surface area contributed by atoms with Gasteiger partial charge < -0.3 is 20.3 Å². The van der Waals surface area contributed by atoms with Crippen molar-refractivity contribution in [2.75, 3.05) is 36.9 Å². The smallest absolute Gasteiger partial charge is 0.253 e. The van der Waals surface area contributed by atoms with Crippen LogP contribution in [0.25, 0.3) is 0 Å². The molecular weight excluding hydrogens is 366 g/mol. The van der Waals surface area contributed by atoms with Gasteiger partial charge in [0.15, 0.2) is 0 Å². The zero-order valence-electron chi connectivity index (χ0n) is 17.3. The molecule has 6 nitrogen and oxygen atoms in total. The molecule has 2 aromatic carbocycles. The van der Waals surface area contributed by atoms with Gasteiger partial charge >= 0.3 is 0 Å². The van der Waals surface area contributed by atoms with E-state index in [1.807, 2.05) is 45.0 Å². The molecule has 0 spiro atoms. The Morgan fingerprint density at radius 2 is 1.72 bits per heavy atom. The van der Waals surface area contributed by atoms with Crippen LogP contribution in [0.15, 0.2) is 60.7 Å². The molecule has 0 bridgehead atoms. The van der Waals surface area contributed by atoms with Gasteiger partial charge in [-0.3, -0.25) is 9.59 Å². The molecule has 0 saturated heterocycles. The maximum absolute atomic E-state index is 12.5. The Morgan fingerprint density at radius 3 is 2.34 bits per heavy atom. The molecule has 0 heterocycles. The molecule has 0 fully saturated rings. The van der Waals surface area contributed by atoms with E-state index in [2.05, 4.69) is 17.2 Å². The highest BCUT2D eigenvalue weighted by atomic mass is 16.5. The van der Waals surface area contributed by atoms with Crippen LogP contribution in [0.2, 0.25) is 0 Å². The van der Waals surface area contributed by atoms with Gasteiger partial charge in [-0.15, -0.1) is 0 Å². The molecule has 2 rings (SSSR count). The number of benzene rings is 2. The fourth-order valence-electron chi connectivity index (χ4n) is 2.69. The number of nitrogens with one attached hydrogen (secondary N) is 2. The fourth-order valence-corrected chi connectivity index (χ4v) is 2.69. The van der Waals surface area contributed by atoms with E-state index in [4.69, 9.17) is 4.74 Å². The van der Waals surface area contributed by atoms with Crippen LogP contribution >= 0.6 is 0 Å². The van der Waals surface area contributed by atoms with Crippen molar-refractivity contribution in [3.05, 3.63) is 66.2 Å². The Labute approximate surface area is 172 Å². The second kappa shape index (κ2) is 10.9. The highest BCUT2D eigenvalue weighted by Crippen LogP contribution is 2.16. The first-order chi connectivity index (χ1) is 13.9. The maximum atomic E-state index is 12.5. The molecule has 0 aliphatic carbocycles. The van der Waals surface area contributed by atoms with Crippen molar-refractivity contribution < 1.29 is 14.3 Å². The van der Waals surface area contributed by atoms with Crippen LogP contribution in [0.1, 0.15) is 31.1 Å². The normalized spacial score (nSPS) is 10.2. The summed E-state index contributed by atoms with van der Waals surface area (Å²) in [5.74, 6) is 0.510. The van der Waals surface area contributed by atoms with Gasteiger partial charge in [0.25, 0.3) is 5.91 Å². The standard InChI is InChI=1S/C23H29N3O3/c1-5-26(6-2)23(28)18-8-7-9-20(14-18)25-22(27)15-24-19-10-12-21(13-11-19)29-16-17(3)4/h7-14,24H,3,5-6,15-16H2,1-2,4H3,(H,25,27). The van der Waals surface area contributed by atoms with Crippen LogP contribution in [0.3, 0.4) is 0 Å². The van der Waals surface area contributed by atoms with Crippen LogP contribution in [0.5, 0.6) is 5.75 Å². The van der Waals surface area contributed by atoms with Crippen molar-refractivity contribution in [2.24, 2.45) is 0 Å². The molecule has 0 atom stereocenters. The first kappa shape index (κ1) is 22.0. The zero-order chi connectivity index (χ0) is 21.2. The van der Waals surface area contributed by atoms with Crippen molar-refractivity contribution in [3.63, 3.8) is 0 Å². The lowest BCUT2D eigenvalue weighted by Gasteiger charge is -2.19. The predicted octanol–water partition coefficient (Wildman–Crippen LogP) is 4.17. The largest absolute Gasteiger partial charge is 0.489 e. The summed E-state index contributed by atoms with van der Waals surface area (Å²) >= 11 is 0. The first-order valence-electron chi connectivity index (χ1n) is 9.73. The van der Waals surface area contributed by atoms with Gasteiger partial charge in [0, 0.05) is 30.0 Å². The average Bonchev–Trinajstić information content (AvgIpc) is 2.72. The molecule has 0 aromatic heterocycles. The van der Waals surface area contributed by atoms with Crippen molar-refractivity contribution >= 4 is 23.2 Å². The van der Waals surface area contributed by atoms with Gasteiger partial charge in [0.05, 0.1) is 6.54 Å². The predicted molar refractivity (Wildman–Crippen MR) is 118 cm³/mol. The minimum absolute atomic E-state index is 0.0434. The minimum Gasteiger partial charge on any atom is -0.489 e. The molecule has 29 heavy (non-hydrogen) atoms. The molecule has 0 radical (unpaired) electrons. The molecule has 0 saturated carbocycles. The van der Waals surface area contributed by atoms with Crippen molar-refractivity contribution in [1.82, 2.24) is 4.90 Å². The highest BCUT2D eigenvalue weighted by Gasteiger charge is 2.13. The summed E-state index contributed by atoms with van der Waals surface area (Å²) in [4.78, 5) is 26.4. The molecule has 0 aliphatic heterocycles. The lowest BCUT2D eigenvalue weighted by molar-refractivity contribution is -0.114. The van der Waals surface area contributed by atoms with Gasteiger partial charge in [-0.05, 0) is 68.8 Å². The second-order valence-corrected chi connectivity index (χ2v) is 6.73. The van der Waals surface area contributed by atoms with E-state index in [1.54, 1.807) is 29.2 Å². The second-order valence-electron chi connectivity index (χ2n) is 6.73. The van der Waals surface area contributed by atoms with Crippen molar-refractivity contribution in [3.8, 4) is 5.75 Å². The van der Waals surface area contributed by atoms with Crippen LogP contribution in [-0.4, -0.2) is 43.0 Å². The topological polar surface area (TPSA) is 70.7 Å². The summed E-state index contributed by atoms with van der Waals surface area (Å²) in [5.41, 5.74) is 2.92. The Morgan fingerprint density at radius 1 is 1.03 bits per heavy atom. The third-order valence-corrected chi connectivity index (χ3v) is 4.24. The van der Waals surface area contributed by atoms with Gasteiger partial charge in [-0.1, -0.05) is 12.6 Å². The first-order valence-corrected chi connectivity index (χ1v) is 9.73. The number of amides is 2. The number of hydrogen-bond acceptors (Lipinski definition) is 4. The number of anilines is 2. The summed E-state index contributed by atoms with van der Waals surface area (Å²) in [6.07, 6.45) is 0. The van der Waals surface area contributed by atoms with Crippen molar-refractivity contribution in [1.29, 1.82) is 0 Å². The Bertz CT molecular complexity index is 843. The Kier molecular flexibility index (Phi) is 8.27. The summed E-state index contributed by atoms with van der Waals surface area (Å²) in [5, 5.41) is 5.89. The fraction of sp³-hybridized carbons (Fsp3) is 0.304. The number of nitrogens with zero attached hydrogens (tertiary/aromatic N) is 1. The van der Waals surface area contributed by atoms with Crippen LogP contribution < -0.4 is 15.4 Å². The van der Waals surface area contributed by atoms with Crippen LogP contribution in [-0.2, 0) is 4.79 Å². The number of carbonyl (C=O) groups is 2. The zero-order valence-corrected chi connectivity index (χ0v) is 17.3. The van der Waals surface area contributed by atoms with Crippen molar-refractivity contribution in [2.45, 2.75) is 20.8 Å². The van der Waals surface area contributed by atoms with Crippen LogP contribution in [0.4, 0.5) is 11.4 Å². The molecule has 2 amide bonds. The average molecular weight is 396 g/mol. The van der Waals surface area contributed by atoms with E-state index in [0.29, 0.717) is 30.9 Å². The monoisotopic (exact) mass is 395 g/mol. The van der Waals surface area contributed by atoms with E-state index in [9.17, 15) is 9.59 Å². The highest BCUT2D eigenvalue weighted by molar-refractivity contribution is 5.98. The van der Waals surface area contributed by atoms with E-state index >= 15 is 0 Å². The molecule has 154 valence electrons. The SMILES string of the molecule is C=C(C)COc1ccc(NCC(=O)Nc2cccc(C(=O)N(CC)CC)c2)cc1. The van der Waals surface area contributed by atoms with Crippen LogP contribution in [0, 0.1) is 0 Å². The molecule has 0 aliphatic rings. The summed E-state index contributed by atoms with van der Waals surface area (Å²) < 4.78 is 5.55. The van der Waals surface area contributed by atoms with E-state index in [0.717, 1.165) is 17.0 Å². The van der Waals surface area contributed by atoms with E-state index in [1.165, 1.54) is 0 Å². The molecule has 2 aromatic rings. The summed E-state index contributed by atoms with van der Waals surface area (Å²) in [7, 11) is 0. The number of carbonyl (C=O) groups excluding carboxylic acids is 2. The lowest BCUT2D eigenvalue weighted by Crippen LogP contribution is -2.30. The maximum Gasteiger partial charge on any atom is 0.253 e. The molecule has 2 N–H and O–H groups in total. The quantitative estimate of drug-likeness (QED) is 0.592. The molecule has 6 heteroatoms. The number of ether oxygens (including phenoxy) is 1. The van der Waals surface area contributed by atoms with Gasteiger partial charge in [0.1, 0.15) is 12.4 Å². The third-order valence-electron chi connectivity index (χ3n) is 4.24.